The van der Waals surface area contributed by atoms with Gasteiger partial charge in [0.25, 0.3) is 0 Å². The van der Waals surface area contributed by atoms with Gasteiger partial charge in [0.05, 0.1) is 6.61 Å². The molecule has 0 aliphatic heterocycles. The average molecular weight is 300 g/mol. The number of benzene rings is 1. The molecule has 1 aromatic heterocycles. The van der Waals surface area contributed by atoms with Gasteiger partial charge in [-0.15, -0.1) is 11.3 Å². The van der Waals surface area contributed by atoms with Crippen LogP contribution in [0.25, 0.3) is 0 Å². The van der Waals surface area contributed by atoms with E-state index in [0.29, 0.717) is 6.61 Å². The third-order valence-electron chi connectivity index (χ3n) is 3.96. The minimum absolute atomic E-state index is 0.0291. The Hall–Kier alpha value is -1.61. The maximum atomic E-state index is 12.8. The molecule has 1 aliphatic carbocycles. The van der Waals surface area contributed by atoms with E-state index in [-0.39, 0.29) is 11.7 Å². The van der Waals surface area contributed by atoms with Gasteiger partial charge in [-0.2, -0.15) is 0 Å². The summed E-state index contributed by atoms with van der Waals surface area (Å²) in [5.74, 6) is 1.06. The normalized spacial score (nSPS) is 17.3. The van der Waals surface area contributed by atoms with Crippen molar-refractivity contribution in [3.63, 3.8) is 0 Å². The molecule has 0 amide bonds. The van der Waals surface area contributed by atoms with E-state index in [1.807, 2.05) is 24.3 Å². The number of fused-ring (bicyclic) bond motifs is 1. The Morgan fingerprint density at radius 2 is 2.29 bits per heavy atom. The van der Waals surface area contributed by atoms with E-state index in [1.54, 1.807) is 11.3 Å². The number of thiophene rings is 1. The van der Waals surface area contributed by atoms with Crippen molar-refractivity contribution in [2.45, 2.75) is 38.5 Å². The molecule has 1 unspecified atom stereocenters. The molecular weight excluding hydrogens is 280 g/mol. The first kappa shape index (κ1) is 14.3. The van der Waals surface area contributed by atoms with Gasteiger partial charge in [0, 0.05) is 16.4 Å². The molecule has 0 saturated heterocycles. The minimum atomic E-state index is 0.0291. The van der Waals surface area contributed by atoms with Crippen LogP contribution in [0.3, 0.4) is 0 Å². The first-order valence-electron chi connectivity index (χ1n) is 7.63. The number of carbonyl (C=O) groups excluding carboxylic acids is 1. The number of carbonyl (C=O) groups is 1. The Kier molecular flexibility index (Phi) is 4.39. The van der Waals surface area contributed by atoms with Crippen LogP contribution in [0.1, 0.15) is 52.9 Å². The van der Waals surface area contributed by atoms with Crippen molar-refractivity contribution in [3.8, 4) is 5.75 Å². The van der Waals surface area contributed by atoms with E-state index < -0.39 is 0 Å². The van der Waals surface area contributed by atoms with Gasteiger partial charge in [0.1, 0.15) is 5.75 Å². The zero-order valence-electron chi connectivity index (χ0n) is 12.3. The molecule has 0 bridgehead atoms. The number of ketones is 1. The molecule has 1 aromatic carbocycles. The second-order valence-electron chi connectivity index (χ2n) is 5.48. The van der Waals surface area contributed by atoms with Crippen LogP contribution in [0.2, 0.25) is 0 Å². The van der Waals surface area contributed by atoms with E-state index in [1.165, 1.54) is 10.4 Å². The number of hydrogen-bond acceptors (Lipinski definition) is 3. The van der Waals surface area contributed by atoms with Gasteiger partial charge in [-0.05, 0) is 54.8 Å². The zero-order chi connectivity index (χ0) is 14.7. The molecule has 1 atom stereocenters. The van der Waals surface area contributed by atoms with Gasteiger partial charge in [-0.3, -0.25) is 4.79 Å². The molecular formula is C18H20O2S. The fraction of sp³-hybridized carbons (Fsp3) is 0.389. The van der Waals surface area contributed by atoms with Crippen LogP contribution >= 0.6 is 11.3 Å². The molecule has 21 heavy (non-hydrogen) atoms. The first-order valence-corrected chi connectivity index (χ1v) is 8.51. The summed E-state index contributed by atoms with van der Waals surface area (Å²) in [5.41, 5.74) is 2.02. The molecule has 0 fully saturated rings. The van der Waals surface area contributed by atoms with Crippen LogP contribution in [0.4, 0.5) is 0 Å². The summed E-state index contributed by atoms with van der Waals surface area (Å²) in [6.07, 6.45) is 4.16. The summed E-state index contributed by atoms with van der Waals surface area (Å²) in [5, 5.41) is 2.11. The highest BCUT2D eigenvalue weighted by atomic mass is 32.1. The molecule has 110 valence electrons. The summed E-state index contributed by atoms with van der Waals surface area (Å²) in [7, 11) is 0. The lowest BCUT2D eigenvalue weighted by Crippen LogP contribution is -2.17. The van der Waals surface area contributed by atoms with Crippen LogP contribution in [0.15, 0.2) is 35.7 Å². The third kappa shape index (κ3) is 3.03. The van der Waals surface area contributed by atoms with Gasteiger partial charge < -0.3 is 4.74 Å². The van der Waals surface area contributed by atoms with Gasteiger partial charge in [-0.25, -0.2) is 0 Å². The Morgan fingerprint density at radius 3 is 3.14 bits per heavy atom. The van der Waals surface area contributed by atoms with Crippen molar-refractivity contribution in [1.82, 2.24) is 0 Å². The molecule has 0 N–H and O–H groups in total. The average Bonchev–Trinajstić information content (AvgIpc) is 3.01. The van der Waals surface area contributed by atoms with Gasteiger partial charge in [0.15, 0.2) is 5.78 Å². The second-order valence-corrected chi connectivity index (χ2v) is 6.49. The highest BCUT2D eigenvalue weighted by molar-refractivity contribution is 7.10. The highest BCUT2D eigenvalue weighted by Gasteiger charge is 2.28. The lowest BCUT2D eigenvalue weighted by atomic mass is 9.82. The molecule has 0 spiro atoms. The monoisotopic (exact) mass is 300 g/mol. The minimum Gasteiger partial charge on any atom is -0.494 e. The fourth-order valence-corrected chi connectivity index (χ4v) is 3.91. The highest BCUT2D eigenvalue weighted by Crippen LogP contribution is 2.37. The second kappa shape index (κ2) is 6.44. The number of Topliss-reactive ketones (excluding diaryl/α,β-unsaturated/α-hetero) is 1. The lowest BCUT2D eigenvalue weighted by molar-refractivity contribution is 0.0951. The predicted molar refractivity (Wildman–Crippen MR) is 86.6 cm³/mol. The maximum absolute atomic E-state index is 12.8. The number of hydrogen-bond donors (Lipinski definition) is 0. The van der Waals surface area contributed by atoms with Gasteiger partial charge in [-0.1, -0.05) is 19.1 Å². The summed E-state index contributed by atoms with van der Waals surface area (Å²) in [6, 6.07) is 9.75. The molecule has 2 aromatic rings. The van der Waals surface area contributed by atoms with Crippen LogP contribution in [0.5, 0.6) is 5.75 Å². The quantitative estimate of drug-likeness (QED) is 0.739. The Labute approximate surface area is 129 Å². The van der Waals surface area contributed by atoms with Crippen molar-refractivity contribution < 1.29 is 9.53 Å². The van der Waals surface area contributed by atoms with Crippen LogP contribution < -0.4 is 4.74 Å². The predicted octanol–water partition coefficient (Wildman–Crippen LogP) is 4.84. The Bertz CT molecular complexity index is 630. The third-order valence-corrected chi connectivity index (χ3v) is 4.96. The Balaban J connectivity index is 1.83. The zero-order valence-corrected chi connectivity index (χ0v) is 13.1. The summed E-state index contributed by atoms with van der Waals surface area (Å²) >= 11 is 1.78. The summed E-state index contributed by atoms with van der Waals surface area (Å²) in [4.78, 5) is 14.2. The van der Waals surface area contributed by atoms with Gasteiger partial charge in [0.2, 0.25) is 0 Å². The topological polar surface area (TPSA) is 26.3 Å². The van der Waals surface area contributed by atoms with Crippen molar-refractivity contribution in [2.24, 2.45) is 0 Å². The van der Waals surface area contributed by atoms with Crippen molar-refractivity contribution in [2.75, 3.05) is 6.61 Å². The smallest absolute Gasteiger partial charge is 0.170 e. The maximum Gasteiger partial charge on any atom is 0.170 e. The van der Waals surface area contributed by atoms with Crippen LogP contribution in [-0.2, 0) is 6.42 Å². The summed E-state index contributed by atoms with van der Waals surface area (Å²) < 4.78 is 5.64. The SMILES string of the molecule is CCCOc1cccc(C(=O)C2CCCc3sccc32)c1. The number of ether oxygens (including phenoxy) is 1. The summed E-state index contributed by atoms with van der Waals surface area (Å²) in [6.45, 7) is 2.77. The number of rotatable bonds is 5. The van der Waals surface area contributed by atoms with Crippen molar-refractivity contribution >= 4 is 17.1 Å². The molecule has 0 radical (unpaired) electrons. The molecule has 2 nitrogen and oxygen atoms in total. The molecule has 1 aliphatic rings. The lowest BCUT2D eigenvalue weighted by Gasteiger charge is -2.21. The van der Waals surface area contributed by atoms with Crippen LogP contribution in [-0.4, -0.2) is 12.4 Å². The van der Waals surface area contributed by atoms with Crippen molar-refractivity contribution in [1.29, 1.82) is 0 Å². The van der Waals surface area contributed by atoms with Crippen LogP contribution in [0, 0.1) is 0 Å². The standard InChI is InChI=1S/C18H20O2S/c1-2-10-20-14-6-3-5-13(12-14)18(19)16-7-4-8-17-15(16)9-11-21-17/h3,5-6,9,11-12,16H,2,4,7-8,10H2,1H3. The van der Waals surface area contributed by atoms with E-state index in [9.17, 15) is 4.79 Å². The molecule has 3 rings (SSSR count). The fourth-order valence-electron chi connectivity index (χ4n) is 2.92. The van der Waals surface area contributed by atoms with E-state index >= 15 is 0 Å². The molecule has 0 saturated carbocycles. The van der Waals surface area contributed by atoms with Gasteiger partial charge >= 0.3 is 0 Å². The Morgan fingerprint density at radius 1 is 1.38 bits per heavy atom. The molecule has 3 heteroatoms. The largest absolute Gasteiger partial charge is 0.494 e. The number of aryl methyl sites for hydroxylation is 1. The van der Waals surface area contributed by atoms with Crippen molar-refractivity contribution in [3.05, 3.63) is 51.7 Å². The van der Waals surface area contributed by atoms with E-state index in [4.69, 9.17) is 4.74 Å². The molecule has 1 heterocycles. The van der Waals surface area contributed by atoms with E-state index in [2.05, 4.69) is 18.4 Å². The van der Waals surface area contributed by atoms with E-state index in [0.717, 1.165) is 37.0 Å². The first-order chi connectivity index (χ1) is 10.3.